The van der Waals surface area contributed by atoms with E-state index in [0.717, 1.165) is 6.42 Å². The Morgan fingerprint density at radius 2 is 1.83 bits per heavy atom. The van der Waals surface area contributed by atoms with E-state index in [1.54, 1.807) is 0 Å². The zero-order valence-electron chi connectivity index (χ0n) is 10.1. The number of hydrogen-bond acceptors (Lipinski definition) is 2. The number of anilines is 1. The SMILES string of the molecule is CCC(C)C(N)C(=O)Nc1cc(Cl)c(Cl)cc1Cl. The second-order valence-electron chi connectivity index (χ2n) is 4.15. The molecule has 0 heterocycles. The molecule has 0 fully saturated rings. The lowest BCUT2D eigenvalue weighted by Gasteiger charge is -2.18. The van der Waals surface area contributed by atoms with Gasteiger partial charge in [0.1, 0.15) is 0 Å². The van der Waals surface area contributed by atoms with Gasteiger partial charge in [0, 0.05) is 0 Å². The van der Waals surface area contributed by atoms with Gasteiger partial charge < -0.3 is 11.1 Å². The molecular formula is C12H15Cl3N2O. The molecule has 0 radical (unpaired) electrons. The first kappa shape index (κ1) is 15.6. The summed E-state index contributed by atoms with van der Waals surface area (Å²) in [6.45, 7) is 3.89. The maximum absolute atomic E-state index is 11.9. The van der Waals surface area contributed by atoms with Crippen molar-refractivity contribution in [2.75, 3.05) is 5.32 Å². The van der Waals surface area contributed by atoms with Crippen molar-refractivity contribution in [1.29, 1.82) is 0 Å². The van der Waals surface area contributed by atoms with E-state index in [2.05, 4.69) is 5.32 Å². The molecule has 0 aliphatic rings. The van der Waals surface area contributed by atoms with Gasteiger partial charge in [-0.2, -0.15) is 0 Å². The monoisotopic (exact) mass is 308 g/mol. The third-order valence-corrected chi connectivity index (χ3v) is 3.86. The van der Waals surface area contributed by atoms with Crippen LogP contribution in [0.15, 0.2) is 12.1 Å². The summed E-state index contributed by atoms with van der Waals surface area (Å²) in [5.74, 6) is -0.198. The molecule has 100 valence electrons. The molecule has 1 amide bonds. The Balaban J connectivity index is 2.85. The van der Waals surface area contributed by atoms with Crippen LogP contribution in [0.5, 0.6) is 0 Å². The molecule has 0 aliphatic carbocycles. The topological polar surface area (TPSA) is 55.1 Å². The number of nitrogens with one attached hydrogen (secondary N) is 1. The van der Waals surface area contributed by atoms with Crippen molar-refractivity contribution in [1.82, 2.24) is 0 Å². The number of nitrogens with two attached hydrogens (primary N) is 1. The fourth-order valence-electron chi connectivity index (χ4n) is 1.35. The van der Waals surface area contributed by atoms with Crippen molar-refractivity contribution >= 4 is 46.4 Å². The number of amides is 1. The lowest BCUT2D eigenvalue weighted by atomic mass is 9.99. The molecule has 1 rings (SSSR count). The third-order valence-electron chi connectivity index (χ3n) is 2.83. The standard InChI is InChI=1S/C12H15Cl3N2O/c1-3-6(2)11(16)12(18)17-10-5-8(14)7(13)4-9(10)15/h4-6,11H,3,16H2,1-2H3,(H,17,18). The van der Waals surface area contributed by atoms with Gasteiger partial charge in [-0.1, -0.05) is 55.1 Å². The quantitative estimate of drug-likeness (QED) is 0.827. The summed E-state index contributed by atoms with van der Waals surface area (Å²) in [6, 6.07) is 2.41. The molecule has 2 unspecified atom stereocenters. The van der Waals surface area contributed by atoms with Crippen LogP contribution >= 0.6 is 34.8 Å². The summed E-state index contributed by atoms with van der Waals surface area (Å²) in [7, 11) is 0. The molecule has 18 heavy (non-hydrogen) atoms. The van der Waals surface area contributed by atoms with Gasteiger partial charge in [0.25, 0.3) is 0 Å². The van der Waals surface area contributed by atoms with Gasteiger partial charge in [0.05, 0.1) is 26.8 Å². The lowest BCUT2D eigenvalue weighted by Crippen LogP contribution is -2.40. The lowest BCUT2D eigenvalue weighted by molar-refractivity contribution is -0.118. The van der Waals surface area contributed by atoms with E-state index in [1.165, 1.54) is 12.1 Å². The normalized spacial score (nSPS) is 14.1. The van der Waals surface area contributed by atoms with E-state index in [-0.39, 0.29) is 11.8 Å². The highest BCUT2D eigenvalue weighted by Crippen LogP contribution is 2.32. The van der Waals surface area contributed by atoms with Gasteiger partial charge in [-0.05, 0) is 18.1 Å². The maximum Gasteiger partial charge on any atom is 0.241 e. The smallest absolute Gasteiger partial charge is 0.241 e. The summed E-state index contributed by atoms with van der Waals surface area (Å²) < 4.78 is 0. The van der Waals surface area contributed by atoms with Crippen LogP contribution in [0.25, 0.3) is 0 Å². The Morgan fingerprint density at radius 3 is 2.39 bits per heavy atom. The van der Waals surface area contributed by atoms with Gasteiger partial charge in [0.15, 0.2) is 0 Å². The molecule has 1 aromatic rings. The Morgan fingerprint density at radius 1 is 1.28 bits per heavy atom. The molecule has 3 N–H and O–H groups in total. The second-order valence-corrected chi connectivity index (χ2v) is 5.37. The molecule has 0 spiro atoms. The van der Waals surface area contributed by atoms with E-state index < -0.39 is 6.04 Å². The van der Waals surface area contributed by atoms with E-state index in [4.69, 9.17) is 40.5 Å². The van der Waals surface area contributed by atoms with Crippen molar-refractivity contribution < 1.29 is 4.79 Å². The van der Waals surface area contributed by atoms with Gasteiger partial charge in [0.2, 0.25) is 5.91 Å². The van der Waals surface area contributed by atoms with Crippen LogP contribution in [-0.2, 0) is 4.79 Å². The van der Waals surface area contributed by atoms with E-state index in [1.807, 2.05) is 13.8 Å². The van der Waals surface area contributed by atoms with E-state index in [9.17, 15) is 4.79 Å². The highest BCUT2D eigenvalue weighted by molar-refractivity contribution is 6.44. The molecule has 0 aliphatic heterocycles. The molecule has 0 bridgehead atoms. The summed E-state index contributed by atoms with van der Waals surface area (Å²) >= 11 is 17.6. The van der Waals surface area contributed by atoms with Gasteiger partial charge in [-0.3, -0.25) is 4.79 Å². The van der Waals surface area contributed by atoms with Crippen molar-refractivity contribution in [3.05, 3.63) is 27.2 Å². The third kappa shape index (κ3) is 3.75. The first-order valence-corrected chi connectivity index (χ1v) is 6.71. The molecule has 1 aromatic carbocycles. The second kappa shape index (κ2) is 6.62. The van der Waals surface area contributed by atoms with Crippen LogP contribution in [0.3, 0.4) is 0 Å². The largest absolute Gasteiger partial charge is 0.323 e. The van der Waals surface area contributed by atoms with Crippen molar-refractivity contribution in [2.24, 2.45) is 11.7 Å². The average molecular weight is 310 g/mol. The molecule has 2 atom stereocenters. The molecule has 6 heteroatoms. The fraction of sp³-hybridized carbons (Fsp3) is 0.417. The summed E-state index contributed by atoms with van der Waals surface area (Å²) in [6.07, 6.45) is 0.823. The van der Waals surface area contributed by atoms with Gasteiger partial charge in [-0.25, -0.2) is 0 Å². The highest BCUT2D eigenvalue weighted by Gasteiger charge is 2.20. The summed E-state index contributed by atoms with van der Waals surface area (Å²) in [4.78, 5) is 11.9. The van der Waals surface area contributed by atoms with Crippen molar-refractivity contribution in [2.45, 2.75) is 26.3 Å². The summed E-state index contributed by atoms with van der Waals surface area (Å²) in [5, 5.41) is 3.65. The number of carbonyl (C=O) groups excluding carboxylic acids is 1. The molecule has 3 nitrogen and oxygen atoms in total. The minimum Gasteiger partial charge on any atom is -0.323 e. The van der Waals surface area contributed by atoms with E-state index >= 15 is 0 Å². The van der Waals surface area contributed by atoms with Crippen LogP contribution < -0.4 is 11.1 Å². The maximum atomic E-state index is 11.9. The zero-order valence-corrected chi connectivity index (χ0v) is 12.4. The molecule has 0 aromatic heterocycles. The van der Waals surface area contributed by atoms with Crippen LogP contribution in [0, 0.1) is 5.92 Å². The van der Waals surface area contributed by atoms with E-state index in [0.29, 0.717) is 20.8 Å². The van der Waals surface area contributed by atoms with Crippen molar-refractivity contribution in [3.63, 3.8) is 0 Å². The Labute approximate surface area is 122 Å². The molecule has 0 saturated heterocycles. The van der Waals surface area contributed by atoms with Gasteiger partial charge >= 0.3 is 0 Å². The predicted molar refractivity (Wildman–Crippen MR) is 77.5 cm³/mol. The zero-order chi connectivity index (χ0) is 13.9. The minimum absolute atomic E-state index is 0.0894. The first-order valence-electron chi connectivity index (χ1n) is 5.57. The number of hydrogen-bond donors (Lipinski definition) is 2. The Hall–Kier alpha value is -0.480. The average Bonchev–Trinajstić information content (AvgIpc) is 2.33. The van der Waals surface area contributed by atoms with Crippen LogP contribution in [0.1, 0.15) is 20.3 Å². The highest BCUT2D eigenvalue weighted by atomic mass is 35.5. The van der Waals surface area contributed by atoms with Gasteiger partial charge in [-0.15, -0.1) is 0 Å². The van der Waals surface area contributed by atoms with Crippen molar-refractivity contribution in [3.8, 4) is 0 Å². The molecular weight excluding hydrogens is 295 g/mol. The fourth-order valence-corrected chi connectivity index (χ4v) is 1.94. The predicted octanol–water partition coefficient (Wildman–Crippen LogP) is 3.96. The summed E-state index contributed by atoms with van der Waals surface area (Å²) in [5.41, 5.74) is 6.23. The van der Waals surface area contributed by atoms with Crippen LogP contribution in [0.4, 0.5) is 5.69 Å². The Kier molecular flexibility index (Phi) is 5.73. The molecule has 0 saturated carbocycles. The number of rotatable bonds is 4. The number of carbonyl (C=O) groups is 1. The first-order chi connectivity index (χ1) is 8.36. The number of benzene rings is 1. The van der Waals surface area contributed by atoms with Crippen LogP contribution in [0.2, 0.25) is 15.1 Å². The van der Waals surface area contributed by atoms with Crippen LogP contribution in [-0.4, -0.2) is 11.9 Å². The Bertz CT molecular complexity index is 451. The number of halogens is 3. The minimum atomic E-state index is -0.583.